The van der Waals surface area contributed by atoms with E-state index in [1.165, 1.54) is 24.3 Å². The van der Waals surface area contributed by atoms with E-state index in [-0.39, 0.29) is 16.3 Å². The number of carbonyl (C=O) groups is 2. The van der Waals surface area contributed by atoms with Crippen LogP contribution in [0, 0.1) is 10.1 Å². The van der Waals surface area contributed by atoms with Gasteiger partial charge in [-0.3, -0.25) is 14.9 Å². The fraction of sp³-hybridized carbons (Fsp3) is 0.0476. The number of carbonyl (C=O) groups excluding carboxylic acids is 2. The Morgan fingerprint density at radius 2 is 1.55 bits per heavy atom. The third-order valence-corrected chi connectivity index (χ3v) is 4.74. The molecule has 0 bridgehead atoms. The summed E-state index contributed by atoms with van der Waals surface area (Å²) in [5, 5.41) is 14.6. The second-order valence-electron chi connectivity index (χ2n) is 6.26. The van der Waals surface area contributed by atoms with Crippen LogP contribution in [0.4, 0.5) is 11.4 Å². The molecule has 0 heterocycles. The van der Waals surface area contributed by atoms with Crippen LogP contribution in [0.3, 0.4) is 0 Å². The number of nitro groups is 1. The summed E-state index contributed by atoms with van der Waals surface area (Å²) in [6, 6.07) is 16.1. The Bertz CT molecular complexity index is 1130. The molecule has 10 heteroatoms. The number of ether oxygens (including phenoxy) is 1. The smallest absolute Gasteiger partial charge is 0.346 e. The first-order chi connectivity index (χ1) is 14.7. The summed E-state index contributed by atoms with van der Waals surface area (Å²) in [5.41, 5.74) is -0.236. The quantitative estimate of drug-likeness (QED) is 0.262. The van der Waals surface area contributed by atoms with Gasteiger partial charge in [-0.1, -0.05) is 65.1 Å². The van der Waals surface area contributed by atoms with Crippen LogP contribution in [-0.4, -0.2) is 16.8 Å². The molecule has 0 fully saturated rings. The maximum atomic E-state index is 13.0. The number of nitro benzene ring substituents is 1. The van der Waals surface area contributed by atoms with Crippen molar-refractivity contribution in [2.75, 3.05) is 5.32 Å². The Hall–Kier alpha value is -3.13. The number of hydrogen-bond acceptors (Lipinski definition) is 5. The molecule has 1 N–H and O–H groups in total. The van der Waals surface area contributed by atoms with Crippen molar-refractivity contribution in [1.29, 1.82) is 0 Å². The molecule has 0 saturated carbocycles. The van der Waals surface area contributed by atoms with E-state index in [0.717, 1.165) is 12.1 Å². The number of halogens is 3. The zero-order valence-corrected chi connectivity index (χ0v) is 17.8. The third-order valence-electron chi connectivity index (χ3n) is 4.07. The molecule has 1 atom stereocenters. The molecule has 3 aromatic rings. The average molecular weight is 480 g/mol. The lowest BCUT2D eigenvalue weighted by atomic mass is 10.1. The molecule has 31 heavy (non-hydrogen) atoms. The molecule has 0 aliphatic carbocycles. The first-order valence-corrected chi connectivity index (χ1v) is 9.85. The predicted molar refractivity (Wildman–Crippen MR) is 118 cm³/mol. The van der Waals surface area contributed by atoms with Crippen LogP contribution >= 0.6 is 34.8 Å². The first-order valence-electron chi connectivity index (χ1n) is 8.71. The van der Waals surface area contributed by atoms with E-state index < -0.39 is 28.6 Å². The van der Waals surface area contributed by atoms with Crippen LogP contribution < -0.4 is 5.32 Å². The number of esters is 1. The summed E-state index contributed by atoms with van der Waals surface area (Å²) in [6.07, 6.45) is -1.41. The van der Waals surface area contributed by atoms with Crippen molar-refractivity contribution in [3.05, 3.63) is 103 Å². The molecule has 1 amide bonds. The van der Waals surface area contributed by atoms with Crippen molar-refractivity contribution in [1.82, 2.24) is 0 Å². The van der Waals surface area contributed by atoms with Gasteiger partial charge >= 0.3 is 5.97 Å². The topological polar surface area (TPSA) is 98.5 Å². The van der Waals surface area contributed by atoms with Gasteiger partial charge in [-0.25, -0.2) is 4.79 Å². The van der Waals surface area contributed by atoms with Gasteiger partial charge in [0, 0.05) is 32.4 Å². The highest BCUT2D eigenvalue weighted by molar-refractivity contribution is 6.35. The fourth-order valence-electron chi connectivity index (χ4n) is 2.74. The number of amides is 1. The molecule has 7 nitrogen and oxygen atoms in total. The minimum Gasteiger partial charge on any atom is -0.443 e. The van der Waals surface area contributed by atoms with Crippen LogP contribution in [0.15, 0.2) is 66.7 Å². The average Bonchev–Trinajstić information content (AvgIpc) is 2.71. The fourth-order valence-corrected chi connectivity index (χ4v) is 3.43. The Morgan fingerprint density at radius 3 is 2.16 bits per heavy atom. The van der Waals surface area contributed by atoms with E-state index in [2.05, 4.69) is 5.32 Å². The van der Waals surface area contributed by atoms with E-state index >= 15 is 0 Å². The Balaban J connectivity index is 1.93. The molecule has 1 unspecified atom stereocenters. The van der Waals surface area contributed by atoms with Gasteiger partial charge in [0.2, 0.25) is 6.10 Å². The zero-order valence-electron chi connectivity index (χ0n) is 15.6. The maximum absolute atomic E-state index is 13.0. The van der Waals surface area contributed by atoms with Crippen LogP contribution in [0.1, 0.15) is 22.0 Å². The Morgan fingerprint density at radius 1 is 0.903 bits per heavy atom. The molecule has 3 aromatic carbocycles. The molecule has 3 rings (SSSR count). The molecule has 0 radical (unpaired) electrons. The Labute approximate surface area is 191 Å². The first kappa shape index (κ1) is 22.6. The lowest BCUT2D eigenvalue weighted by molar-refractivity contribution is -0.385. The molecule has 0 aromatic heterocycles. The highest BCUT2D eigenvalue weighted by Gasteiger charge is 2.29. The van der Waals surface area contributed by atoms with Gasteiger partial charge in [0.1, 0.15) is 5.56 Å². The molecular weight excluding hydrogens is 467 g/mol. The number of benzene rings is 3. The summed E-state index contributed by atoms with van der Waals surface area (Å²) in [6.45, 7) is 0. The summed E-state index contributed by atoms with van der Waals surface area (Å²) in [5.74, 6) is -1.79. The standard InChI is InChI=1S/C21H13Cl3N2O5/c22-13-6-7-18(26(29)30)17(11-13)21(28)31-19(12-4-2-1-3-5-12)20(27)25-16-9-14(23)8-15(24)10-16/h1-11,19H,(H,25,27). The van der Waals surface area contributed by atoms with Gasteiger partial charge in [0.05, 0.1) is 4.92 Å². The van der Waals surface area contributed by atoms with Crippen LogP contribution in [0.5, 0.6) is 0 Å². The van der Waals surface area contributed by atoms with Crippen molar-refractivity contribution < 1.29 is 19.2 Å². The van der Waals surface area contributed by atoms with Crippen molar-refractivity contribution in [2.45, 2.75) is 6.10 Å². The number of nitrogens with zero attached hydrogens (tertiary/aromatic N) is 1. The maximum Gasteiger partial charge on any atom is 0.346 e. The Kier molecular flexibility index (Phi) is 7.12. The summed E-state index contributed by atoms with van der Waals surface area (Å²) in [4.78, 5) is 36.3. The van der Waals surface area contributed by atoms with Gasteiger partial charge < -0.3 is 10.1 Å². The van der Waals surface area contributed by atoms with Gasteiger partial charge in [0.25, 0.3) is 11.6 Å². The number of anilines is 1. The van der Waals surface area contributed by atoms with Crippen molar-refractivity contribution in [3.8, 4) is 0 Å². The minimum absolute atomic E-state index is 0.104. The van der Waals surface area contributed by atoms with Gasteiger partial charge in [-0.05, 0) is 30.3 Å². The summed E-state index contributed by atoms with van der Waals surface area (Å²) in [7, 11) is 0. The zero-order chi connectivity index (χ0) is 22.5. The normalized spacial score (nSPS) is 11.5. The molecular formula is C21H13Cl3N2O5. The van der Waals surface area contributed by atoms with Gasteiger partial charge in [-0.2, -0.15) is 0 Å². The SMILES string of the molecule is O=C(OC(C(=O)Nc1cc(Cl)cc(Cl)c1)c1ccccc1)c1cc(Cl)ccc1[N+](=O)[O-]. The highest BCUT2D eigenvalue weighted by Crippen LogP contribution is 2.28. The summed E-state index contributed by atoms with van der Waals surface area (Å²) >= 11 is 17.8. The van der Waals surface area contributed by atoms with Crippen LogP contribution in [0.25, 0.3) is 0 Å². The lowest BCUT2D eigenvalue weighted by Crippen LogP contribution is -2.26. The van der Waals surface area contributed by atoms with Gasteiger partial charge in [0.15, 0.2) is 0 Å². The molecule has 0 aliphatic heterocycles. The molecule has 0 aliphatic rings. The van der Waals surface area contributed by atoms with Crippen molar-refractivity contribution in [2.24, 2.45) is 0 Å². The van der Waals surface area contributed by atoms with Crippen LogP contribution in [0.2, 0.25) is 15.1 Å². The number of rotatable bonds is 6. The number of hydrogen-bond donors (Lipinski definition) is 1. The minimum atomic E-state index is -1.41. The second kappa shape index (κ2) is 9.78. The molecule has 158 valence electrons. The van der Waals surface area contributed by atoms with E-state index in [1.807, 2.05) is 0 Å². The van der Waals surface area contributed by atoms with Crippen molar-refractivity contribution in [3.63, 3.8) is 0 Å². The monoisotopic (exact) mass is 478 g/mol. The summed E-state index contributed by atoms with van der Waals surface area (Å²) < 4.78 is 5.38. The predicted octanol–water partition coefficient (Wildman–Crippen LogP) is 6.09. The molecule has 0 spiro atoms. The molecule has 0 saturated heterocycles. The van der Waals surface area contributed by atoms with Crippen molar-refractivity contribution >= 4 is 58.1 Å². The highest BCUT2D eigenvalue weighted by atomic mass is 35.5. The van der Waals surface area contributed by atoms with E-state index in [1.54, 1.807) is 30.3 Å². The van der Waals surface area contributed by atoms with E-state index in [0.29, 0.717) is 15.6 Å². The second-order valence-corrected chi connectivity index (χ2v) is 7.57. The van der Waals surface area contributed by atoms with Gasteiger partial charge in [-0.15, -0.1) is 0 Å². The van der Waals surface area contributed by atoms with E-state index in [4.69, 9.17) is 39.5 Å². The largest absolute Gasteiger partial charge is 0.443 e. The lowest BCUT2D eigenvalue weighted by Gasteiger charge is -2.18. The van der Waals surface area contributed by atoms with E-state index in [9.17, 15) is 19.7 Å². The third kappa shape index (κ3) is 5.73. The van der Waals surface area contributed by atoms with Crippen LogP contribution in [-0.2, 0) is 9.53 Å². The number of nitrogens with one attached hydrogen (secondary N) is 1.